The van der Waals surface area contributed by atoms with Crippen LogP contribution in [0, 0.1) is 0 Å². The Hall–Kier alpha value is -3.47. The first-order chi connectivity index (χ1) is 19.9. The van der Waals surface area contributed by atoms with Crippen molar-refractivity contribution in [2.75, 3.05) is 13.2 Å². The summed E-state index contributed by atoms with van der Waals surface area (Å²) in [4.78, 5) is 12.7. The molecule has 4 rings (SSSR count). The SMILES string of the molecule is C[C@@H]1O[C@@H](O[C@H]2CO[C@@H](OCCc3ccc(O)c(O)c3)[C@H](OC(=O)/C=C/c3ccc(O)c(O)c3)[C@H]2O)[C@H](O)[C@H](O)[C@H]1O. The van der Waals surface area contributed by atoms with Crippen LogP contribution in [0.15, 0.2) is 42.5 Å². The van der Waals surface area contributed by atoms with Gasteiger partial charge in [-0.05, 0) is 54.8 Å². The molecule has 2 heterocycles. The predicted molar refractivity (Wildman–Crippen MR) is 141 cm³/mol. The Morgan fingerprint density at radius 1 is 0.881 bits per heavy atom. The molecule has 0 amide bonds. The Kier molecular flexibility index (Phi) is 10.2. The van der Waals surface area contributed by atoms with Crippen LogP contribution in [0.3, 0.4) is 0 Å². The second-order valence-electron chi connectivity index (χ2n) is 9.98. The molecule has 0 saturated carbocycles. The maximum Gasteiger partial charge on any atom is 0.331 e. The number of hydrogen-bond donors (Lipinski definition) is 8. The quantitative estimate of drug-likeness (QED) is 0.105. The van der Waals surface area contributed by atoms with E-state index in [9.17, 15) is 45.6 Å². The number of phenolic OH excluding ortho intramolecular Hbond substituents is 4. The highest BCUT2D eigenvalue weighted by Crippen LogP contribution is 2.29. The molecule has 2 aromatic rings. The second-order valence-corrected chi connectivity index (χ2v) is 9.98. The number of aromatic hydroxyl groups is 4. The van der Waals surface area contributed by atoms with E-state index in [1.54, 1.807) is 6.07 Å². The Balaban J connectivity index is 1.45. The van der Waals surface area contributed by atoms with Gasteiger partial charge in [0.2, 0.25) is 0 Å². The van der Waals surface area contributed by atoms with E-state index in [0.29, 0.717) is 11.1 Å². The van der Waals surface area contributed by atoms with E-state index >= 15 is 0 Å². The van der Waals surface area contributed by atoms with Crippen molar-refractivity contribution < 1.29 is 69.3 Å². The number of carbonyl (C=O) groups is 1. The Bertz CT molecular complexity index is 1250. The second kappa shape index (κ2) is 13.7. The topological polar surface area (TPSA) is 225 Å². The van der Waals surface area contributed by atoms with Gasteiger partial charge in [0.15, 0.2) is 41.7 Å². The van der Waals surface area contributed by atoms with E-state index in [2.05, 4.69) is 0 Å². The van der Waals surface area contributed by atoms with Crippen LogP contribution in [-0.4, -0.2) is 115 Å². The molecule has 2 aliphatic heterocycles. The molecule has 0 aliphatic carbocycles. The highest BCUT2D eigenvalue weighted by Gasteiger charge is 2.48. The molecular formula is C28H34O14. The number of ether oxygens (including phenoxy) is 5. The van der Waals surface area contributed by atoms with Crippen molar-refractivity contribution in [2.45, 2.75) is 68.7 Å². The first-order valence-electron chi connectivity index (χ1n) is 13.1. The van der Waals surface area contributed by atoms with Gasteiger partial charge >= 0.3 is 5.97 Å². The van der Waals surface area contributed by atoms with Gasteiger partial charge in [-0.15, -0.1) is 0 Å². The van der Waals surface area contributed by atoms with Crippen molar-refractivity contribution >= 4 is 12.0 Å². The number of benzene rings is 2. The normalized spacial score (nSPS) is 31.7. The predicted octanol–water partition coefficient (Wildman–Crippen LogP) is -0.377. The fraction of sp³-hybridized carbons (Fsp3) is 0.464. The van der Waals surface area contributed by atoms with Gasteiger partial charge in [0, 0.05) is 6.08 Å². The van der Waals surface area contributed by atoms with Crippen molar-refractivity contribution in [1.29, 1.82) is 0 Å². The minimum Gasteiger partial charge on any atom is -0.504 e. The fourth-order valence-corrected chi connectivity index (χ4v) is 4.44. The van der Waals surface area contributed by atoms with Crippen LogP contribution in [0.2, 0.25) is 0 Å². The van der Waals surface area contributed by atoms with Crippen molar-refractivity contribution in [3.63, 3.8) is 0 Å². The lowest BCUT2D eigenvalue weighted by atomic mass is 9.99. The number of hydrogen-bond acceptors (Lipinski definition) is 14. The molecule has 2 fully saturated rings. The average Bonchev–Trinajstić information content (AvgIpc) is 2.96. The third-order valence-electron chi connectivity index (χ3n) is 6.90. The number of aliphatic hydroxyl groups is 4. The first kappa shape index (κ1) is 31.5. The van der Waals surface area contributed by atoms with Crippen LogP contribution in [0.5, 0.6) is 23.0 Å². The largest absolute Gasteiger partial charge is 0.504 e. The zero-order chi connectivity index (χ0) is 30.6. The number of rotatable bonds is 9. The van der Waals surface area contributed by atoms with Gasteiger partial charge in [-0.3, -0.25) is 0 Å². The third kappa shape index (κ3) is 7.48. The molecule has 0 bridgehead atoms. The van der Waals surface area contributed by atoms with Gasteiger partial charge in [0.25, 0.3) is 0 Å². The molecule has 0 unspecified atom stereocenters. The lowest BCUT2D eigenvalue weighted by molar-refractivity contribution is -0.339. The monoisotopic (exact) mass is 594 g/mol. The third-order valence-corrected chi connectivity index (χ3v) is 6.90. The number of phenols is 4. The van der Waals surface area contributed by atoms with Crippen molar-refractivity contribution in [2.24, 2.45) is 0 Å². The van der Waals surface area contributed by atoms with Crippen molar-refractivity contribution in [3.05, 3.63) is 53.6 Å². The molecular weight excluding hydrogens is 560 g/mol. The minimum absolute atomic E-state index is 0.00412. The summed E-state index contributed by atoms with van der Waals surface area (Å²) in [6.07, 6.45) is -9.85. The van der Waals surface area contributed by atoms with Crippen LogP contribution >= 0.6 is 0 Å². The van der Waals surface area contributed by atoms with E-state index < -0.39 is 67.0 Å². The summed E-state index contributed by atoms with van der Waals surface area (Å²) in [6, 6.07) is 8.13. The Morgan fingerprint density at radius 2 is 1.57 bits per heavy atom. The van der Waals surface area contributed by atoms with Gasteiger partial charge in [0.05, 0.1) is 19.3 Å². The van der Waals surface area contributed by atoms with Crippen LogP contribution in [0.4, 0.5) is 0 Å². The number of carbonyl (C=O) groups excluding carboxylic acids is 1. The van der Waals surface area contributed by atoms with E-state index in [1.807, 2.05) is 0 Å². The average molecular weight is 595 g/mol. The fourth-order valence-electron chi connectivity index (χ4n) is 4.44. The molecule has 42 heavy (non-hydrogen) atoms. The highest BCUT2D eigenvalue weighted by molar-refractivity contribution is 5.87. The number of esters is 1. The molecule has 14 heteroatoms. The van der Waals surface area contributed by atoms with E-state index in [4.69, 9.17) is 23.7 Å². The van der Waals surface area contributed by atoms with Gasteiger partial charge in [-0.1, -0.05) is 12.1 Å². The number of aliphatic hydroxyl groups excluding tert-OH is 4. The summed E-state index contributed by atoms with van der Waals surface area (Å²) in [5.74, 6) is -2.24. The van der Waals surface area contributed by atoms with Gasteiger partial charge < -0.3 is 64.5 Å². The lowest BCUT2D eigenvalue weighted by Crippen LogP contribution is -2.61. The molecule has 2 aromatic carbocycles. The smallest absolute Gasteiger partial charge is 0.331 e. The molecule has 14 nitrogen and oxygen atoms in total. The Morgan fingerprint density at radius 3 is 2.26 bits per heavy atom. The molecule has 2 aliphatic rings. The van der Waals surface area contributed by atoms with Crippen LogP contribution in [0.25, 0.3) is 6.08 Å². The zero-order valence-corrected chi connectivity index (χ0v) is 22.5. The van der Waals surface area contributed by atoms with Gasteiger partial charge in [0.1, 0.15) is 30.5 Å². The van der Waals surface area contributed by atoms with Gasteiger partial charge in [-0.25, -0.2) is 4.79 Å². The van der Waals surface area contributed by atoms with Crippen LogP contribution in [0.1, 0.15) is 18.1 Å². The zero-order valence-electron chi connectivity index (χ0n) is 22.5. The van der Waals surface area contributed by atoms with E-state index in [-0.39, 0.29) is 36.9 Å². The summed E-state index contributed by atoms with van der Waals surface area (Å²) in [5, 5.41) is 79.8. The van der Waals surface area contributed by atoms with E-state index in [0.717, 1.165) is 6.08 Å². The molecule has 0 aromatic heterocycles. The van der Waals surface area contributed by atoms with Crippen LogP contribution in [-0.2, 0) is 34.9 Å². The summed E-state index contributed by atoms with van der Waals surface area (Å²) < 4.78 is 28.0. The molecule has 0 radical (unpaired) electrons. The molecule has 2 saturated heterocycles. The molecule has 9 atom stereocenters. The molecule has 8 N–H and O–H groups in total. The van der Waals surface area contributed by atoms with Crippen molar-refractivity contribution in [3.8, 4) is 23.0 Å². The molecule has 0 spiro atoms. The maximum absolute atomic E-state index is 12.7. The summed E-state index contributed by atoms with van der Waals surface area (Å²) in [7, 11) is 0. The summed E-state index contributed by atoms with van der Waals surface area (Å²) in [5.41, 5.74) is 0.988. The summed E-state index contributed by atoms with van der Waals surface area (Å²) in [6.45, 7) is 1.17. The first-order valence-corrected chi connectivity index (χ1v) is 13.1. The lowest BCUT2D eigenvalue weighted by Gasteiger charge is -2.43. The van der Waals surface area contributed by atoms with Crippen molar-refractivity contribution in [1.82, 2.24) is 0 Å². The highest BCUT2D eigenvalue weighted by atomic mass is 16.7. The summed E-state index contributed by atoms with van der Waals surface area (Å²) >= 11 is 0. The maximum atomic E-state index is 12.7. The molecule has 230 valence electrons. The van der Waals surface area contributed by atoms with Gasteiger partial charge in [-0.2, -0.15) is 0 Å². The Labute approximate surface area is 240 Å². The standard InChI is InChI=1S/C28H34O14/c1-13-22(34)24(36)25(37)27(40-13)41-20-12-39-28(38-9-8-15-3-6-17(30)19(32)11-15)26(23(20)35)42-21(33)7-4-14-2-5-16(29)18(31)10-14/h2-7,10-11,13,20,22-32,34-37H,8-9,12H2,1H3/b7-4+/t13-,20-,22-,23-,24+,25+,26+,27-,28+/m0/s1. The van der Waals surface area contributed by atoms with Crippen LogP contribution < -0.4 is 0 Å². The van der Waals surface area contributed by atoms with E-state index in [1.165, 1.54) is 43.3 Å². The minimum atomic E-state index is -1.65.